The Kier molecular flexibility index (Phi) is 7.84. The second-order valence-corrected chi connectivity index (χ2v) is 9.25. The number of H-pyrrole nitrogens is 1. The number of carbonyl (C=O) groups is 1. The Hall–Kier alpha value is -3.38. The lowest BCUT2D eigenvalue weighted by atomic mass is 9.81. The number of aryl methyl sites for hydroxylation is 1. The molecule has 3 aromatic rings. The number of amides is 1. The van der Waals surface area contributed by atoms with E-state index in [1.807, 2.05) is 4.98 Å². The van der Waals surface area contributed by atoms with Gasteiger partial charge in [0.2, 0.25) is 11.7 Å². The van der Waals surface area contributed by atoms with Crippen molar-refractivity contribution in [3.8, 4) is 11.4 Å². The number of hydrogen-bond acceptors (Lipinski definition) is 4. The normalized spacial score (nSPS) is 17.3. The minimum Gasteiger partial charge on any atom is -0.373 e. The molecule has 202 valence electrons. The summed E-state index contributed by atoms with van der Waals surface area (Å²) in [6.45, 7) is 0.793. The molecule has 0 spiro atoms. The topological polar surface area (TPSA) is 84.1 Å². The molecule has 1 aromatic heterocycles. The summed E-state index contributed by atoms with van der Waals surface area (Å²) in [5, 5.41) is 2.46. The second-order valence-electron chi connectivity index (χ2n) is 8.84. The molecule has 1 saturated carbocycles. The van der Waals surface area contributed by atoms with Crippen molar-refractivity contribution in [2.24, 2.45) is 5.92 Å². The summed E-state index contributed by atoms with van der Waals surface area (Å²) in [5.74, 6) is -4.89. The molecule has 13 heteroatoms. The molecule has 0 radical (unpaired) electrons. The zero-order valence-electron chi connectivity index (χ0n) is 19.7. The number of halogens is 7. The number of benzene rings is 2. The average molecular weight is 560 g/mol. The first kappa shape index (κ1) is 27.6. The Balaban J connectivity index is 1.42. The minimum absolute atomic E-state index is 0.0349. The quantitative estimate of drug-likeness (QED) is 0.377. The van der Waals surface area contributed by atoms with E-state index >= 15 is 4.39 Å². The molecule has 2 N–H and O–H groups in total. The molecular formula is C25H20ClF6N3O3. The van der Waals surface area contributed by atoms with Crippen molar-refractivity contribution in [1.29, 1.82) is 0 Å². The molecule has 1 aliphatic carbocycles. The molecule has 0 unspecified atom stereocenters. The van der Waals surface area contributed by atoms with Gasteiger partial charge in [-0.1, -0.05) is 23.7 Å². The van der Waals surface area contributed by atoms with Crippen LogP contribution in [0.1, 0.15) is 35.2 Å². The van der Waals surface area contributed by atoms with Crippen molar-refractivity contribution in [3.63, 3.8) is 0 Å². The van der Waals surface area contributed by atoms with E-state index in [9.17, 15) is 31.5 Å². The van der Waals surface area contributed by atoms with Crippen LogP contribution in [0.3, 0.4) is 0 Å². The van der Waals surface area contributed by atoms with E-state index in [1.54, 1.807) is 0 Å². The number of alkyl halides is 3. The summed E-state index contributed by atoms with van der Waals surface area (Å²) in [6.07, 6.45) is -4.52. The van der Waals surface area contributed by atoms with E-state index in [1.165, 1.54) is 18.2 Å². The maximum Gasteiger partial charge on any atom is 0.417 e. The van der Waals surface area contributed by atoms with E-state index in [-0.39, 0.29) is 23.3 Å². The number of aromatic nitrogens is 2. The molecule has 38 heavy (non-hydrogen) atoms. The molecule has 2 aromatic carbocycles. The Morgan fingerprint density at radius 2 is 1.87 bits per heavy atom. The number of ether oxygens (including phenoxy) is 1. The Labute approximate surface area is 217 Å². The van der Waals surface area contributed by atoms with Crippen LogP contribution in [0, 0.1) is 30.3 Å². The highest BCUT2D eigenvalue weighted by Gasteiger charge is 2.38. The lowest BCUT2D eigenvalue weighted by molar-refractivity contribution is -0.137. The third kappa shape index (κ3) is 5.86. The number of carbonyl (C=O) groups excluding carboxylic acids is 1. The van der Waals surface area contributed by atoms with Gasteiger partial charge in [0.25, 0.3) is 5.56 Å². The van der Waals surface area contributed by atoms with Crippen LogP contribution >= 0.6 is 11.6 Å². The van der Waals surface area contributed by atoms with Crippen molar-refractivity contribution >= 4 is 17.5 Å². The standard InChI is InChI=1S/C25H20ClF6N3O3/c1-11-20(28)24(37)35-22(34-11)19-16(25(30,31)32)4-3-13(21(19)29)9-33-23(36)14-7-15(8-14)38-10-12-2-5-18(27)17(26)6-12/h2-6,14-15H,7-10H2,1H3,(H,33,36)(H,34,35,37). The molecule has 0 saturated heterocycles. The predicted molar refractivity (Wildman–Crippen MR) is 125 cm³/mol. The number of aromatic amines is 1. The first-order valence-corrected chi connectivity index (χ1v) is 11.7. The van der Waals surface area contributed by atoms with Crippen LogP contribution < -0.4 is 10.9 Å². The van der Waals surface area contributed by atoms with Crippen LogP contribution in [0.5, 0.6) is 0 Å². The summed E-state index contributed by atoms with van der Waals surface area (Å²) in [5.41, 5.74) is -3.94. The van der Waals surface area contributed by atoms with E-state index in [0.29, 0.717) is 24.5 Å². The summed E-state index contributed by atoms with van der Waals surface area (Å²) in [6, 6.07) is 5.65. The summed E-state index contributed by atoms with van der Waals surface area (Å²) >= 11 is 5.73. The van der Waals surface area contributed by atoms with Gasteiger partial charge in [-0.05, 0) is 43.5 Å². The van der Waals surface area contributed by atoms with Gasteiger partial charge in [0, 0.05) is 18.0 Å². The third-order valence-electron chi connectivity index (χ3n) is 6.18. The second kappa shape index (κ2) is 10.8. The van der Waals surface area contributed by atoms with Gasteiger partial charge in [0.1, 0.15) is 17.5 Å². The number of hydrogen-bond donors (Lipinski definition) is 2. The Bertz CT molecular complexity index is 1440. The fourth-order valence-corrected chi connectivity index (χ4v) is 4.20. The fourth-order valence-electron chi connectivity index (χ4n) is 4.00. The molecule has 6 nitrogen and oxygen atoms in total. The smallest absolute Gasteiger partial charge is 0.373 e. The van der Waals surface area contributed by atoms with Crippen molar-refractivity contribution in [2.45, 2.75) is 45.2 Å². The molecule has 1 aliphatic rings. The predicted octanol–water partition coefficient (Wildman–Crippen LogP) is 5.45. The zero-order chi connectivity index (χ0) is 27.8. The third-order valence-corrected chi connectivity index (χ3v) is 6.47. The van der Waals surface area contributed by atoms with E-state index in [0.717, 1.165) is 13.0 Å². The van der Waals surface area contributed by atoms with Gasteiger partial charge in [-0.25, -0.2) is 13.8 Å². The minimum atomic E-state index is -5.00. The molecule has 1 heterocycles. The molecule has 0 bridgehead atoms. The summed E-state index contributed by atoms with van der Waals surface area (Å²) in [7, 11) is 0. The Morgan fingerprint density at radius 3 is 2.50 bits per heavy atom. The lowest BCUT2D eigenvalue weighted by Gasteiger charge is -2.34. The van der Waals surface area contributed by atoms with Gasteiger partial charge in [0.05, 0.1) is 34.6 Å². The largest absolute Gasteiger partial charge is 0.417 e. The van der Waals surface area contributed by atoms with Crippen LogP contribution in [-0.4, -0.2) is 22.0 Å². The zero-order valence-corrected chi connectivity index (χ0v) is 20.4. The fraction of sp³-hybridized carbons (Fsp3) is 0.320. The monoisotopic (exact) mass is 559 g/mol. The van der Waals surface area contributed by atoms with Gasteiger partial charge in [-0.3, -0.25) is 9.59 Å². The van der Waals surface area contributed by atoms with Gasteiger partial charge < -0.3 is 15.0 Å². The van der Waals surface area contributed by atoms with E-state index in [4.69, 9.17) is 16.3 Å². The highest BCUT2D eigenvalue weighted by atomic mass is 35.5. The van der Waals surface area contributed by atoms with E-state index < -0.39 is 70.2 Å². The summed E-state index contributed by atoms with van der Waals surface area (Å²) in [4.78, 5) is 29.7. The number of rotatable bonds is 7. The maximum atomic E-state index is 15.3. The molecule has 4 rings (SSSR count). The number of nitrogens with zero attached hydrogens (tertiary/aromatic N) is 1. The molecular weight excluding hydrogens is 540 g/mol. The van der Waals surface area contributed by atoms with Crippen molar-refractivity contribution in [2.75, 3.05) is 0 Å². The van der Waals surface area contributed by atoms with Crippen molar-refractivity contribution in [1.82, 2.24) is 15.3 Å². The molecule has 0 aliphatic heterocycles. The highest BCUT2D eigenvalue weighted by molar-refractivity contribution is 6.30. The van der Waals surface area contributed by atoms with Crippen LogP contribution in [0.15, 0.2) is 35.1 Å². The van der Waals surface area contributed by atoms with Gasteiger partial charge in [-0.15, -0.1) is 0 Å². The SMILES string of the molecule is Cc1nc(-c2c(C(F)(F)F)ccc(CNC(=O)C3CC(OCc4ccc(F)c(Cl)c4)C3)c2F)[nH]c(=O)c1F. The number of nitrogens with one attached hydrogen (secondary N) is 2. The van der Waals surface area contributed by atoms with Gasteiger partial charge in [0.15, 0.2) is 0 Å². The van der Waals surface area contributed by atoms with Gasteiger partial charge in [-0.2, -0.15) is 17.6 Å². The first-order chi connectivity index (χ1) is 17.8. The first-order valence-electron chi connectivity index (χ1n) is 11.3. The molecule has 1 amide bonds. The van der Waals surface area contributed by atoms with Crippen LogP contribution in [0.2, 0.25) is 5.02 Å². The van der Waals surface area contributed by atoms with Crippen LogP contribution in [0.4, 0.5) is 26.3 Å². The summed E-state index contributed by atoms with van der Waals surface area (Å²) < 4.78 is 88.6. The van der Waals surface area contributed by atoms with E-state index in [2.05, 4.69) is 10.3 Å². The molecule has 0 atom stereocenters. The van der Waals surface area contributed by atoms with Gasteiger partial charge >= 0.3 is 6.18 Å². The van der Waals surface area contributed by atoms with Crippen molar-refractivity contribution in [3.05, 3.63) is 85.5 Å². The lowest BCUT2D eigenvalue weighted by Crippen LogP contribution is -2.42. The van der Waals surface area contributed by atoms with Crippen LogP contribution in [-0.2, 0) is 28.9 Å². The van der Waals surface area contributed by atoms with Crippen LogP contribution in [0.25, 0.3) is 11.4 Å². The highest BCUT2D eigenvalue weighted by Crippen LogP contribution is 2.38. The molecule has 1 fully saturated rings. The average Bonchev–Trinajstić information content (AvgIpc) is 2.81. The maximum absolute atomic E-state index is 15.3. The van der Waals surface area contributed by atoms with Crippen molar-refractivity contribution < 1.29 is 35.9 Å². The Morgan fingerprint density at radius 1 is 1.16 bits per heavy atom.